The van der Waals surface area contributed by atoms with E-state index in [1.165, 1.54) is 12.1 Å². The molecule has 1 unspecified atom stereocenters. The second kappa shape index (κ2) is 10.8. The highest BCUT2D eigenvalue weighted by Crippen LogP contribution is 2.32. The molecule has 0 radical (unpaired) electrons. The Morgan fingerprint density at radius 1 is 1.10 bits per heavy atom. The maximum atomic E-state index is 13.3. The van der Waals surface area contributed by atoms with Crippen molar-refractivity contribution >= 4 is 11.8 Å². The Kier molecular flexibility index (Phi) is 7.87. The number of aryl methyl sites for hydroxylation is 1. The summed E-state index contributed by atoms with van der Waals surface area (Å²) >= 11 is 0. The summed E-state index contributed by atoms with van der Waals surface area (Å²) in [6.07, 6.45) is 2.61. The van der Waals surface area contributed by atoms with E-state index in [0.717, 1.165) is 24.0 Å². The Bertz CT molecular complexity index is 901. The second-order valence-corrected chi connectivity index (χ2v) is 7.66. The fraction of sp³-hybridized carbons (Fsp3) is 0.417. The quantitative estimate of drug-likeness (QED) is 0.584. The van der Waals surface area contributed by atoms with Gasteiger partial charge < -0.3 is 19.7 Å². The molecule has 7 heteroatoms. The van der Waals surface area contributed by atoms with Crippen molar-refractivity contribution in [1.82, 2.24) is 10.2 Å². The van der Waals surface area contributed by atoms with Gasteiger partial charge in [0.15, 0.2) is 11.5 Å². The van der Waals surface area contributed by atoms with Crippen LogP contribution in [-0.2, 0) is 22.6 Å². The van der Waals surface area contributed by atoms with Gasteiger partial charge in [0.05, 0.1) is 0 Å². The lowest BCUT2D eigenvalue weighted by Crippen LogP contribution is -2.47. The highest BCUT2D eigenvalue weighted by molar-refractivity contribution is 5.87. The fourth-order valence-corrected chi connectivity index (χ4v) is 3.40. The van der Waals surface area contributed by atoms with Crippen LogP contribution in [0.4, 0.5) is 4.39 Å². The number of nitrogens with zero attached hydrogens (tertiary/aromatic N) is 1. The summed E-state index contributed by atoms with van der Waals surface area (Å²) in [4.78, 5) is 27.3. The number of hydrogen-bond acceptors (Lipinski definition) is 4. The van der Waals surface area contributed by atoms with E-state index in [0.29, 0.717) is 24.5 Å². The summed E-state index contributed by atoms with van der Waals surface area (Å²) in [6, 6.07) is 11.0. The molecule has 1 atom stereocenters. The van der Waals surface area contributed by atoms with Gasteiger partial charge >= 0.3 is 0 Å². The molecule has 0 spiro atoms. The van der Waals surface area contributed by atoms with Gasteiger partial charge in [-0.05, 0) is 55.2 Å². The number of unbranched alkanes of at least 4 members (excludes halogenated alkanes) is 1. The topological polar surface area (TPSA) is 67.9 Å². The van der Waals surface area contributed by atoms with Crippen molar-refractivity contribution < 1.29 is 23.5 Å². The molecule has 2 amide bonds. The zero-order valence-electron chi connectivity index (χ0n) is 18.0. The van der Waals surface area contributed by atoms with E-state index in [9.17, 15) is 14.0 Å². The Morgan fingerprint density at radius 2 is 1.81 bits per heavy atom. The molecular formula is C24H29FN2O4. The molecule has 0 aliphatic carbocycles. The molecule has 0 bridgehead atoms. The van der Waals surface area contributed by atoms with Gasteiger partial charge in [-0.25, -0.2) is 4.39 Å². The lowest BCUT2D eigenvalue weighted by Gasteiger charge is -2.29. The molecule has 0 aromatic heterocycles. The third kappa shape index (κ3) is 6.20. The number of benzene rings is 2. The first-order valence-corrected chi connectivity index (χ1v) is 10.7. The Labute approximate surface area is 182 Å². The lowest BCUT2D eigenvalue weighted by molar-refractivity contribution is -0.140. The first-order valence-electron chi connectivity index (χ1n) is 10.7. The molecule has 3 rings (SSSR count). The molecule has 1 aliphatic heterocycles. The predicted octanol–water partition coefficient (Wildman–Crippen LogP) is 3.82. The van der Waals surface area contributed by atoms with Crippen LogP contribution in [0.2, 0.25) is 0 Å². The number of rotatable bonds is 10. The SMILES string of the molecule is CCCCNC(=O)C(C)N(Cc1ccc(F)cc1)C(=O)CCc1ccc2c(c1)OCO2. The maximum absolute atomic E-state index is 13.3. The monoisotopic (exact) mass is 428 g/mol. The molecule has 0 saturated heterocycles. The van der Waals surface area contributed by atoms with Crippen LogP contribution in [-0.4, -0.2) is 36.1 Å². The van der Waals surface area contributed by atoms with E-state index >= 15 is 0 Å². The average Bonchev–Trinajstić information content (AvgIpc) is 3.24. The minimum Gasteiger partial charge on any atom is -0.454 e. The molecule has 6 nitrogen and oxygen atoms in total. The highest BCUT2D eigenvalue weighted by atomic mass is 19.1. The summed E-state index contributed by atoms with van der Waals surface area (Å²) < 4.78 is 24.0. The lowest BCUT2D eigenvalue weighted by atomic mass is 10.1. The van der Waals surface area contributed by atoms with Crippen LogP contribution in [0.3, 0.4) is 0 Å². The number of ether oxygens (including phenoxy) is 2. The smallest absolute Gasteiger partial charge is 0.242 e. The fourth-order valence-electron chi connectivity index (χ4n) is 3.40. The van der Waals surface area contributed by atoms with E-state index in [1.807, 2.05) is 18.2 Å². The van der Waals surface area contributed by atoms with Crippen molar-refractivity contribution in [1.29, 1.82) is 0 Å². The van der Waals surface area contributed by atoms with Crippen LogP contribution in [0.1, 0.15) is 44.2 Å². The second-order valence-electron chi connectivity index (χ2n) is 7.66. The van der Waals surface area contributed by atoms with Crippen LogP contribution in [0.5, 0.6) is 11.5 Å². The number of carbonyl (C=O) groups is 2. The van der Waals surface area contributed by atoms with Crippen molar-refractivity contribution in [2.45, 2.75) is 52.1 Å². The summed E-state index contributed by atoms with van der Waals surface area (Å²) in [5.74, 6) is 0.712. The van der Waals surface area contributed by atoms with Crippen LogP contribution >= 0.6 is 0 Å². The number of hydrogen-bond donors (Lipinski definition) is 1. The minimum atomic E-state index is -0.633. The van der Waals surface area contributed by atoms with E-state index in [4.69, 9.17) is 9.47 Å². The van der Waals surface area contributed by atoms with Gasteiger partial charge in [-0.2, -0.15) is 0 Å². The summed E-state index contributed by atoms with van der Waals surface area (Å²) in [6.45, 7) is 4.80. The Hall–Kier alpha value is -3.09. The average molecular weight is 429 g/mol. The molecule has 166 valence electrons. The van der Waals surface area contributed by atoms with Gasteiger partial charge in [-0.3, -0.25) is 9.59 Å². The van der Waals surface area contributed by atoms with Crippen molar-refractivity contribution in [3.05, 3.63) is 59.4 Å². The van der Waals surface area contributed by atoms with Crippen molar-refractivity contribution in [2.24, 2.45) is 0 Å². The van der Waals surface area contributed by atoms with E-state index in [-0.39, 0.29) is 37.4 Å². The molecular weight excluding hydrogens is 399 g/mol. The van der Waals surface area contributed by atoms with Crippen molar-refractivity contribution in [3.63, 3.8) is 0 Å². The number of halogens is 1. The Balaban J connectivity index is 1.68. The van der Waals surface area contributed by atoms with Gasteiger partial charge in [0, 0.05) is 19.5 Å². The van der Waals surface area contributed by atoms with E-state index < -0.39 is 6.04 Å². The van der Waals surface area contributed by atoms with Gasteiger partial charge in [0.25, 0.3) is 0 Å². The van der Waals surface area contributed by atoms with Crippen LogP contribution in [0, 0.1) is 5.82 Å². The third-order valence-electron chi connectivity index (χ3n) is 5.33. The van der Waals surface area contributed by atoms with Crippen molar-refractivity contribution in [3.8, 4) is 11.5 Å². The predicted molar refractivity (Wildman–Crippen MR) is 115 cm³/mol. The standard InChI is InChI=1S/C24H29FN2O4/c1-3-4-13-26-24(29)17(2)27(15-19-5-9-20(25)10-6-19)23(28)12-8-18-7-11-21-22(14-18)31-16-30-21/h5-7,9-11,14,17H,3-4,8,12-13,15-16H2,1-2H3,(H,26,29). The highest BCUT2D eigenvalue weighted by Gasteiger charge is 2.26. The molecule has 1 N–H and O–H groups in total. The zero-order chi connectivity index (χ0) is 22.2. The molecule has 1 heterocycles. The molecule has 2 aromatic rings. The van der Waals surface area contributed by atoms with Crippen LogP contribution < -0.4 is 14.8 Å². The summed E-state index contributed by atoms with van der Waals surface area (Å²) in [5, 5.41) is 2.89. The first kappa shape index (κ1) is 22.6. The van der Waals surface area contributed by atoms with Gasteiger partial charge in [0.1, 0.15) is 11.9 Å². The number of amides is 2. The molecule has 2 aromatic carbocycles. The normalized spacial score (nSPS) is 13.0. The van der Waals surface area contributed by atoms with E-state index in [2.05, 4.69) is 12.2 Å². The molecule has 31 heavy (non-hydrogen) atoms. The van der Waals surface area contributed by atoms with E-state index in [1.54, 1.807) is 24.0 Å². The molecule has 1 aliphatic rings. The van der Waals surface area contributed by atoms with Gasteiger partial charge in [-0.15, -0.1) is 0 Å². The largest absolute Gasteiger partial charge is 0.454 e. The van der Waals surface area contributed by atoms with Crippen LogP contribution in [0.15, 0.2) is 42.5 Å². The number of nitrogens with one attached hydrogen (secondary N) is 1. The number of carbonyl (C=O) groups excluding carboxylic acids is 2. The maximum Gasteiger partial charge on any atom is 0.242 e. The molecule has 0 fully saturated rings. The first-order chi connectivity index (χ1) is 15.0. The minimum absolute atomic E-state index is 0.139. The Morgan fingerprint density at radius 3 is 2.55 bits per heavy atom. The van der Waals surface area contributed by atoms with Gasteiger partial charge in [0.2, 0.25) is 18.6 Å². The number of fused-ring (bicyclic) bond motifs is 1. The zero-order valence-corrected chi connectivity index (χ0v) is 18.0. The van der Waals surface area contributed by atoms with Crippen molar-refractivity contribution in [2.75, 3.05) is 13.3 Å². The molecule has 0 saturated carbocycles. The van der Waals surface area contributed by atoms with Gasteiger partial charge in [-0.1, -0.05) is 31.5 Å². The van der Waals surface area contributed by atoms with Crippen LogP contribution in [0.25, 0.3) is 0 Å². The summed E-state index contributed by atoms with van der Waals surface area (Å²) in [7, 11) is 0. The third-order valence-corrected chi connectivity index (χ3v) is 5.33. The summed E-state index contributed by atoms with van der Waals surface area (Å²) in [5.41, 5.74) is 1.73.